The Morgan fingerprint density at radius 3 is 2.40 bits per heavy atom. The van der Waals surface area contributed by atoms with Gasteiger partial charge in [-0.3, -0.25) is 0 Å². The lowest BCUT2D eigenvalue weighted by Crippen LogP contribution is -2.12. The molecule has 0 aromatic heterocycles. The quantitative estimate of drug-likeness (QED) is 0.549. The summed E-state index contributed by atoms with van der Waals surface area (Å²) in [5.74, 6) is 0. The molecule has 1 rings (SSSR count). The smallest absolute Gasteiger partial charge is 0.309 e. The predicted octanol–water partition coefficient (Wildman–Crippen LogP) is 1.81. The maximum atomic E-state index is 2.63. The number of para-hydroxylation sites is 1. The van der Waals surface area contributed by atoms with E-state index >= 15 is 0 Å². The fourth-order valence-electron chi connectivity index (χ4n) is 0.738. The first-order chi connectivity index (χ1) is 4.72. The zero-order chi connectivity index (χ0) is 7.56. The second-order valence-corrected chi connectivity index (χ2v) is 4.00. The molecule has 0 aliphatic heterocycles. The highest BCUT2D eigenvalue weighted by Crippen LogP contribution is 2.18. The van der Waals surface area contributed by atoms with Gasteiger partial charge in [0, 0.05) is 9.26 Å². The minimum absolute atomic E-state index is 1.24. The first-order valence-corrected chi connectivity index (χ1v) is 4.54. The lowest BCUT2D eigenvalue weighted by Gasteiger charge is -2.15. The van der Waals surface area contributed by atoms with Crippen molar-refractivity contribution in [2.24, 2.45) is 0 Å². The van der Waals surface area contributed by atoms with Crippen LogP contribution in [0.3, 0.4) is 0 Å². The molecule has 1 aromatic rings. The van der Waals surface area contributed by atoms with Gasteiger partial charge in [0.1, 0.15) is 0 Å². The summed E-state index contributed by atoms with van der Waals surface area (Å²) < 4.78 is 3.31. The van der Waals surface area contributed by atoms with E-state index in [4.69, 9.17) is 0 Å². The molecule has 2 radical (unpaired) electrons. The lowest BCUT2D eigenvalue weighted by atomic mass is 10.3. The second-order valence-electron chi connectivity index (χ2n) is 2.06. The lowest BCUT2D eigenvalue weighted by molar-refractivity contribution is 1.33. The van der Waals surface area contributed by atoms with Gasteiger partial charge in [0.15, 0.2) is 0 Å². The molecule has 0 aliphatic carbocycles. The zero-order valence-corrected chi connectivity index (χ0v) is 9.02. The zero-order valence-electron chi connectivity index (χ0n) is 5.71. The number of benzene rings is 1. The Bertz CT molecular complexity index is 225. The minimum Gasteiger partial charge on any atom is -0.481 e. The van der Waals surface area contributed by atoms with Crippen LogP contribution in [-0.4, -0.2) is 23.6 Å². The Balaban J connectivity index is 3.03. The third-order valence-corrected chi connectivity index (χ3v) is 2.42. The summed E-state index contributed by atoms with van der Waals surface area (Å²) in [5.41, 5.74) is 1.24. The maximum absolute atomic E-state index is 2.63. The van der Waals surface area contributed by atoms with Crippen molar-refractivity contribution in [1.29, 1.82) is 0 Å². The monoisotopic (exact) mass is 259 g/mol. The molecule has 1 aromatic carbocycles. The van der Waals surface area contributed by atoms with Crippen LogP contribution in [0.15, 0.2) is 24.3 Å². The van der Waals surface area contributed by atoms with E-state index in [2.05, 4.69) is 51.2 Å². The maximum Gasteiger partial charge on any atom is 0.309 e. The molecule has 50 valence electrons. The molecule has 0 bridgehead atoms. The number of hydrogen-bond acceptors (Lipinski definition) is 1. The van der Waals surface area contributed by atoms with Gasteiger partial charge in [-0.1, -0.05) is 12.1 Å². The Morgan fingerprint density at radius 1 is 1.40 bits per heavy atom. The van der Waals surface area contributed by atoms with Crippen LogP contribution in [0.25, 0.3) is 0 Å². The van der Waals surface area contributed by atoms with Crippen LogP contribution in [0.1, 0.15) is 0 Å². The Morgan fingerprint density at radius 2 is 2.00 bits per heavy atom. The van der Waals surface area contributed by atoms with Gasteiger partial charge in [-0.2, -0.15) is 0 Å². The normalized spacial score (nSPS) is 9.40. The van der Waals surface area contributed by atoms with Gasteiger partial charge in [0.2, 0.25) is 0 Å². The van der Waals surface area contributed by atoms with Gasteiger partial charge in [-0.25, -0.2) is 0 Å². The van der Waals surface area contributed by atoms with Crippen molar-refractivity contribution in [3.8, 4) is 0 Å². The summed E-state index contributed by atoms with van der Waals surface area (Å²) >= 11 is 4.96. The molecule has 0 saturated carbocycles. The summed E-state index contributed by atoms with van der Waals surface area (Å²) in [7, 11) is 2.02. The average molecular weight is 259 g/mol. The molecule has 3 heteroatoms. The summed E-state index contributed by atoms with van der Waals surface area (Å²) in [6.07, 6.45) is 0. The molecule has 0 saturated heterocycles. The summed E-state index contributed by atoms with van der Waals surface area (Å²) in [6, 6.07) is 8.27. The third kappa shape index (κ3) is 1.88. The molecule has 1 nitrogen and oxygen atoms in total. The van der Waals surface area contributed by atoms with Crippen LogP contribution in [-0.2, 0) is 0 Å². The van der Waals surface area contributed by atoms with E-state index in [-0.39, 0.29) is 0 Å². The van der Waals surface area contributed by atoms with Crippen LogP contribution in [0.5, 0.6) is 0 Å². The van der Waals surface area contributed by atoms with Crippen LogP contribution in [0.4, 0.5) is 5.69 Å². The highest BCUT2D eigenvalue weighted by Gasteiger charge is 1.96. The Hall–Kier alpha value is 0.282. The van der Waals surface area contributed by atoms with Crippen molar-refractivity contribution in [2.75, 3.05) is 10.9 Å². The van der Waals surface area contributed by atoms with E-state index in [1.54, 1.807) is 0 Å². The van der Waals surface area contributed by atoms with E-state index < -0.39 is 0 Å². The van der Waals surface area contributed by atoms with Crippen LogP contribution >= 0.6 is 22.6 Å². The van der Waals surface area contributed by atoms with Crippen molar-refractivity contribution in [3.63, 3.8) is 0 Å². The Labute approximate surface area is 83.2 Å². The van der Waals surface area contributed by atoms with Crippen molar-refractivity contribution in [2.45, 2.75) is 0 Å². The summed E-state index contributed by atoms with van der Waals surface area (Å²) in [6.45, 7) is 0. The number of hydrogen-bond donors (Lipinski definition) is 0. The number of anilines is 1. The fraction of sp³-hybridized carbons (Fsp3) is 0.143. The van der Waals surface area contributed by atoms with Gasteiger partial charge in [-0.15, -0.1) is 0 Å². The second kappa shape index (κ2) is 3.61. The fourth-order valence-corrected chi connectivity index (χ4v) is 1.99. The van der Waals surface area contributed by atoms with Crippen LogP contribution in [0.2, 0.25) is 0 Å². The predicted molar refractivity (Wildman–Crippen MR) is 53.3 cm³/mol. The van der Waals surface area contributed by atoms with Gasteiger partial charge < -0.3 is 3.88 Å². The number of rotatable bonds is 1. The standard InChI is InChI=1S/C7H7IN.Al/c1-9-7-5-3-2-4-6(7)8;/h2-5H,1H3;/q-1;+1. The van der Waals surface area contributed by atoms with Crippen molar-refractivity contribution < 1.29 is 0 Å². The van der Waals surface area contributed by atoms with E-state index in [9.17, 15) is 0 Å². The summed E-state index contributed by atoms with van der Waals surface area (Å²) in [5, 5.41) is 0. The molecule has 0 fully saturated rings. The number of nitrogens with zero attached hydrogens (tertiary/aromatic N) is 1. The summed E-state index contributed by atoms with van der Waals surface area (Å²) in [4.78, 5) is 0. The van der Waals surface area contributed by atoms with Crippen molar-refractivity contribution in [1.82, 2.24) is 0 Å². The number of halogens is 1. The molecule has 0 spiro atoms. The highest BCUT2D eigenvalue weighted by molar-refractivity contribution is 14.1. The molecule has 0 atom stereocenters. The molecular formula is C7H7AlIN. The largest absolute Gasteiger partial charge is 0.481 e. The van der Waals surface area contributed by atoms with E-state index in [1.165, 1.54) is 9.26 Å². The SMILES string of the molecule is C[N]([Al])c1ccccc1I. The minimum atomic E-state index is 1.24. The first-order valence-electron chi connectivity index (χ1n) is 2.95. The van der Waals surface area contributed by atoms with E-state index in [1.807, 2.05) is 23.1 Å². The van der Waals surface area contributed by atoms with E-state index in [0.29, 0.717) is 0 Å². The molecule has 0 unspecified atom stereocenters. The molecular weight excluding hydrogens is 252 g/mol. The topological polar surface area (TPSA) is 3.24 Å². The average Bonchev–Trinajstić information content (AvgIpc) is 1.88. The molecule has 0 heterocycles. The van der Waals surface area contributed by atoms with Crippen molar-refractivity contribution >= 4 is 44.8 Å². The first kappa shape index (κ1) is 8.38. The van der Waals surface area contributed by atoms with Gasteiger partial charge in [0.25, 0.3) is 0 Å². The van der Waals surface area contributed by atoms with Crippen molar-refractivity contribution in [3.05, 3.63) is 27.8 Å². The highest BCUT2D eigenvalue weighted by atomic mass is 127. The molecule has 0 aliphatic rings. The van der Waals surface area contributed by atoms with E-state index in [0.717, 1.165) is 0 Å². The van der Waals surface area contributed by atoms with Crippen LogP contribution < -0.4 is 3.88 Å². The van der Waals surface area contributed by atoms with Crippen LogP contribution in [0, 0.1) is 3.57 Å². The molecule has 0 N–H and O–H groups in total. The van der Waals surface area contributed by atoms with Gasteiger partial charge in [0.05, 0.1) is 0 Å². The Kier molecular flexibility index (Phi) is 3.02. The third-order valence-electron chi connectivity index (χ3n) is 1.23. The molecule has 10 heavy (non-hydrogen) atoms. The van der Waals surface area contributed by atoms with Gasteiger partial charge >= 0.3 is 16.5 Å². The van der Waals surface area contributed by atoms with Gasteiger partial charge in [-0.05, 0) is 41.8 Å². The molecule has 0 amide bonds.